The van der Waals surface area contributed by atoms with E-state index in [1.165, 1.54) is 67.3 Å². The predicted molar refractivity (Wildman–Crippen MR) is 147 cm³/mol. The molecule has 0 bridgehead atoms. The number of nitrogens with one attached hydrogen (secondary N) is 1. The minimum atomic E-state index is -0.481. The monoisotopic (exact) mass is 575 g/mol. The minimum absolute atomic E-state index is 0.00179. The smallest absolute Gasteiger partial charge is 0.269 e. The van der Waals surface area contributed by atoms with E-state index < -0.39 is 9.85 Å². The van der Waals surface area contributed by atoms with Gasteiger partial charge in [0.1, 0.15) is 40.9 Å². The Kier molecular flexibility index (Phi) is 9.09. The van der Waals surface area contributed by atoms with Gasteiger partial charge in [-0.1, -0.05) is 17.7 Å². The lowest BCUT2D eigenvalue weighted by Gasteiger charge is -2.08. The summed E-state index contributed by atoms with van der Waals surface area (Å²) < 4.78 is 10.9. The van der Waals surface area contributed by atoms with Crippen molar-refractivity contribution < 1.29 is 24.4 Å². The number of rotatable bonds is 8. The highest BCUT2D eigenvalue weighted by Gasteiger charge is 2.08. The van der Waals surface area contributed by atoms with Gasteiger partial charge in [0, 0.05) is 48.2 Å². The van der Waals surface area contributed by atoms with E-state index >= 15 is 0 Å². The quantitative estimate of drug-likeness (QED) is 0.117. The molecule has 0 aliphatic rings. The summed E-state index contributed by atoms with van der Waals surface area (Å²) in [7, 11) is 0. The first-order valence-electron chi connectivity index (χ1n) is 11.5. The molecule has 15 heteroatoms. The van der Waals surface area contributed by atoms with E-state index in [1.54, 1.807) is 30.3 Å². The van der Waals surface area contributed by atoms with Crippen LogP contribution in [0, 0.1) is 20.2 Å². The summed E-state index contributed by atoms with van der Waals surface area (Å²) in [4.78, 5) is 35.7. The SMILES string of the molecule is O=[N+]([O-])c1ccc(Oc2cc(Cl)ncn2)cc1.O=[N+]([O-])c1ccc(Oc2cc(Nc3cccc(O)c3)ncn2)cc1. The van der Waals surface area contributed by atoms with Crippen molar-refractivity contribution in [1.82, 2.24) is 19.9 Å². The standard InChI is InChI=1S/C16H12N4O4.C10H6ClN3O3/c21-13-3-1-2-11(8-13)19-15-9-16(18-10-17-15)24-14-6-4-12(5-7-14)20(22)23;11-9-5-10(13-6-12-9)17-8-3-1-7(2-4-8)14(15)16/h1-10,21H,(H,17,18,19);1-6H. The molecule has 0 fully saturated rings. The average molecular weight is 576 g/mol. The number of ether oxygens (including phenoxy) is 2. The topological polar surface area (TPSA) is 189 Å². The molecule has 0 amide bonds. The summed E-state index contributed by atoms with van der Waals surface area (Å²) in [6.45, 7) is 0. The van der Waals surface area contributed by atoms with Crippen LogP contribution in [-0.4, -0.2) is 34.9 Å². The third-order valence-corrected chi connectivity index (χ3v) is 5.12. The van der Waals surface area contributed by atoms with Crippen LogP contribution in [0.25, 0.3) is 0 Å². The Bertz CT molecular complexity index is 1660. The van der Waals surface area contributed by atoms with Crippen LogP contribution in [0.2, 0.25) is 5.15 Å². The Morgan fingerprint density at radius 2 is 1.24 bits per heavy atom. The number of aromatic hydroxyl groups is 1. The largest absolute Gasteiger partial charge is 0.508 e. The van der Waals surface area contributed by atoms with E-state index in [4.69, 9.17) is 21.1 Å². The fraction of sp³-hybridized carbons (Fsp3) is 0. The van der Waals surface area contributed by atoms with Crippen molar-refractivity contribution in [2.75, 3.05) is 5.32 Å². The Morgan fingerprint density at radius 3 is 1.76 bits per heavy atom. The van der Waals surface area contributed by atoms with E-state index in [-0.39, 0.29) is 34.0 Å². The molecule has 5 aromatic rings. The molecule has 3 aromatic carbocycles. The maximum absolute atomic E-state index is 10.6. The van der Waals surface area contributed by atoms with E-state index in [9.17, 15) is 25.3 Å². The Morgan fingerprint density at radius 1 is 0.707 bits per heavy atom. The Balaban J connectivity index is 0.000000201. The van der Waals surface area contributed by atoms with Crippen molar-refractivity contribution in [3.8, 4) is 29.0 Å². The highest BCUT2D eigenvalue weighted by molar-refractivity contribution is 6.29. The number of anilines is 2. The van der Waals surface area contributed by atoms with Gasteiger partial charge in [0.15, 0.2) is 0 Å². The van der Waals surface area contributed by atoms with E-state index in [2.05, 4.69) is 25.3 Å². The zero-order chi connectivity index (χ0) is 29.2. The van der Waals surface area contributed by atoms with E-state index in [0.29, 0.717) is 23.0 Å². The molecule has 0 unspecified atom stereocenters. The normalized spacial score (nSPS) is 10.1. The molecule has 2 heterocycles. The second-order valence-electron chi connectivity index (χ2n) is 7.80. The molecule has 2 aromatic heterocycles. The second kappa shape index (κ2) is 13.3. The van der Waals surface area contributed by atoms with Gasteiger partial charge in [0.05, 0.1) is 9.85 Å². The van der Waals surface area contributed by atoms with Gasteiger partial charge in [0.25, 0.3) is 11.4 Å². The van der Waals surface area contributed by atoms with Crippen molar-refractivity contribution in [3.63, 3.8) is 0 Å². The summed E-state index contributed by atoms with van der Waals surface area (Å²) in [5, 5.41) is 33.8. The number of non-ortho nitro benzene ring substituents is 2. The minimum Gasteiger partial charge on any atom is -0.508 e. The highest BCUT2D eigenvalue weighted by Crippen LogP contribution is 2.26. The predicted octanol–water partition coefficient (Wildman–Crippen LogP) is 6.46. The van der Waals surface area contributed by atoms with Gasteiger partial charge in [-0.2, -0.15) is 0 Å². The van der Waals surface area contributed by atoms with Crippen molar-refractivity contribution in [2.45, 2.75) is 0 Å². The lowest BCUT2D eigenvalue weighted by atomic mass is 10.3. The molecule has 2 N–H and O–H groups in total. The van der Waals surface area contributed by atoms with Gasteiger partial charge in [-0.05, 0) is 36.4 Å². The first-order valence-corrected chi connectivity index (χ1v) is 11.8. The molecule has 14 nitrogen and oxygen atoms in total. The summed E-state index contributed by atoms with van der Waals surface area (Å²) in [5.74, 6) is 2.03. The number of phenols is 1. The van der Waals surface area contributed by atoms with Crippen molar-refractivity contribution >= 4 is 34.5 Å². The zero-order valence-corrected chi connectivity index (χ0v) is 21.5. The summed E-state index contributed by atoms with van der Waals surface area (Å²) >= 11 is 5.66. The third kappa shape index (κ3) is 8.56. The molecule has 41 heavy (non-hydrogen) atoms. The fourth-order valence-corrected chi connectivity index (χ4v) is 3.22. The number of nitro benzene ring substituents is 2. The zero-order valence-electron chi connectivity index (χ0n) is 20.7. The van der Waals surface area contributed by atoms with Gasteiger partial charge in [-0.15, -0.1) is 0 Å². The number of nitrogens with zero attached hydrogens (tertiary/aromatic N) is 6. The summed E-state index contributed by atoms with van der Waals surface area (Å²) in [5.41, 5.74) is 0.643. The molecule has 0 aliphatic carbocycles. The maximum Gasteiger partial charge on any atom is 0.269 e. The van der Waals surface area contributed by atoms with Gasteiger partial charge in [-0.25, -0.2) is 19.9 Å². The van der Waals surface area contributed by atoms with Crippen molar-refractivity contribution in [2.24, 2.45) is 0 Å². The molecule has 0 spiro atoms. The maximum atomic E-state index is 10.6. The third-order valence-electron chi connectivity index (χ3n) is 4.91. The van der Waals surface area contributed by atoms with Crippen LogP contribution in [0.5, 0.6) is 29.0 Å². The lowest BCUT2D eigenvalue weighted by molar-refractivity contribution is -0.385. The van der Waals surface area contributed by atoms with Crippen molar-refractivity contribution in [3.05, 3.63) is 123 Å². The number of phenolic OH excluding ortho intramolecular Hbond substituents is 1. The average Bonchev–Trinajstić information content (AvgIpc) is 2.94. The fourth-order valence-electron chi connectivity index (χ4n) is 3.08. The van der Waals surface area contributed by atoms with Crippen LogP contribution in [-0.2, 0) is 0 Å². The molecule has 206 valence electrons. The molecule has 0 radical (unpaired) electrons. The number of aromatic nitrogens is 4. The Labute approximate surface area is 236 Å². The number of nitro groups is 2. The second-order valence-corrected chi connectivity index (χ2v) is 8.19. The van der Waals surface area contributed by atoms with Crippen LogP contribution in [0.4, 0.5) is 22.9 Å². The first-order chi connectivity index (χ1) is 19.7. The van der Waals surface area contributed by atoms with Gasteiger partial charge in [0.2, 0.25) is 11.8 Å². The van der Waals surface area contributed by atoms with Gasteiger partial charge < -0.3 is 19.9 Å². The summed E-state index contributed by atoms with van der Waals surface area (Å²) in [6.07, 6.45) is 2.59. The van der Waals surface area contributed by atoms with Gasteiger partial charge >= 0.3 is 0 Å². The van der Waals surface area contributed by atoms with Crippen LogP contribution < -0.4 is 14.8 Å². The molecular weight excluding hydrogens is 558 g/mol. The van der Waals surface area contributed by atoms with E-state index in [0.717, 1.165) is 0 Å². The number of benzene rings is 3. The molecule has 0 aliphatic heterocycles. The number of hydrogen-bond donors (Lipinski definition) is 2. The van der Waals surface area contributed by atoms with Crippen LogP contribution in [0.15, 0.2) is 97.6 Å². The van der Waals surface area contributed by atoms with Gasteiger partial charge in [-0.3, -0.25) is 20.2 Å². The lowest BCUT2D eigenvalue weighted by Crippen LogP contribution is -1.96. The highest BCUT2D eigenvalue weighted by atomic mass is 35.5. The molecule has 0 saturated carbocycles. The molecular formula is C26H18ClN7O7. The van der Waals surface area contributed by atoms with E-state index in [1.807, 2.05) is 0 Å². The molecule has 0 saturated heterocycles. The van der Waals surface area contributed by atoms with Crippen LogP contribution in [0.3, 0.4) is 0 Å². The summed E-state index contributed by atoms with van der Waals surface area (Å²) in [6, 6.07) is 20.9. The first kappa shape index (κ1) is 28.1. The number of halogens is 1. The van der Waals surface area contributed by atoms with Crippen LogP contribution >= 0.6 is 11.6 Å². The van der Waals surface area contributed by atoms with Crippen LogP contribution in [0.1, 0.15) is 0 Å². The molecule has 0 atom stereocenters. The van der Waals surface area contributed by atoms with Crippen molar-refractivity contribution in [1.29, 1.82) is 0 Å². The number of hydrogen-bond acceptors (Lipinski definition) is 12. The Hall–Kier alpha value is -5.89. The molecule has 5 rings (SSSR count).